The summed E-state index contributed by atoms with van der Waals surface area (Å²) in [5.41, 5.74) is 0.312. The molecule has 156 valence electrons. The van der Waals surface area contributed by atoms with Crippen molar-refractivity contribution in [3.8, 4) is 0 Å². The number of hydrogen-bond donors (Lipinski definition) is 1. The van der Waals surface area contributed by atoms with E-state index in [-0.39, 0.29) is 18.0 Å². The number of aromatic nitrogens is 1. The van der Waals surface area contributed by atoms with Crippen LogP contribution in [0.2, 0.25) is 0 Å². The highest BCUT2D eigenvalue weighted by atomic mass is 32.2. The molecule has 0 bridgehead atoms. The number of piperidine rings is 2. The van der Waals surface area contributed by atoms with Crippen LogP contribution < -0.4 is 5.32 Å². The SMILES string of the molecule is CC1CCN(S(=O)(=O)N2CC[C@H](NC(=O)c3cc(C4CC4)on3)C[C@@H]2C)CC1. The Morgan fingerprint density at radius 3 is 2.50 bits per heavy atom. The average molecular weight is 411 g/mol. The number of nitrogens with zero attached hydrogens (tertiary/aromatic N) is 3. The van der Waals surface area contributed by atoms with Gasteiger partial charge in [-0.1, -0.05) is 12.1 Å². The Morgan fingerprint density at radius 1 is 1.14 bits per heavy atom. The molecule has 1 aliphatic carbocycles. The Hall–Kier alpha value is -1.45. The lowest BCUT2D eigenvalue weighted by atomic mass is 10.0. The van der Waals surface area contributed by atoms with Crippen molar-refractivity contribution in [3.05, 3.63) is 17.5 Å². The van der Waals surface area contributed by atoms with E-state index in [1.807, 2.05) is 6.92 Å². The summed E-state index contributed by atoms with van der Waals surface area (Å²) in [4.78, 5) is 12.5. The van der Waals surface area contributed by atoms with Crippen LogP contribution in [0.25, 0.3) is 0 Å². The van der Waals surface area contributed by atoms with Crippen LogP contribution in [0.15, 0.2) is 10.6 Å². The molecule has 28 heavy (non-hydrogen) atoms. The summed E-state index contributed by atoms with van der Waals surface area (Å²) in [6, 6.07) is 1.52. The van der Waals surface area contributed by atoms with Gasteiger partial charge in [0.25, 0.3) is 16.1 Å². The van der Waals surface area contributed by atoms with E-state index in [2.05, 4.69) is 17.4 Å². The van der Waals surface area contributed by atoms with Crippen LogP contribution in [-0.2, 0) is 10.2 Å². The summed E-state index contributed by atoms with van der Waals surface area (Å²) in [6.07, 6.45) is 5.23. The van der Waals surface area contributed by atoms with Crippen molar-refractivity contribution in [2.45, 2.75) is 70.4 Å². The van der Waals surface area contributed by atoms with E-state index in [4.69, 9.17) is 4.52 Å². The van der Waals surface area contributed by atoms with E-state index < -0.39 is 10.2 Å². The number of rotatable bonds is 5. The third kappa shape index (κ3) is 4.11. The molecular formula is C19H30N4O4S. The molecule has 1 aromatic heterocycles. The highest BCUT2D eigenvalue weighted by Gasteiger charge is 2.38. The van der Waals surface area contributed by atoms with Crippen molar-refractivity contribution < 1.29 is 17.7 Å². The largest absolute Gasteiger partial charge is 0.360 e. The predicted octanol–water partition coefficient (Wildman–Crippen LogP) is 2.11. The molecule has 2 atom stereocenters. The number of amides is 1. The lowest BCUT2D eigenvalue weighted by Gasteiger charge is -2.40. The van der Waals surface area contributed by atoms with E-state index in [0.717, 1.165) is 31.4 Å². The molecule has 0 spiro atoms. The number of hydrogen-bond acceptors (Lipinski definition) is 5. The Balaban J connectivity index is 1.33. The normalized spacial score (nSPS) is 28.4. The first-order chi connectivity index (χ1) is 13.3. The summed E-state index contributed by atoms with van der Waals surface area (Å²) >= 11 is 0. The van der Waals surface area contributed by atoms with Crippen LogP contribution >= 0.6 is 0 Å². The Morgan fingerprint density at radius 2 is 1.86 bits per heavy atom. The van der Waals surface area contributed by atoms with Gasteiger partial charge in [-0.3, -0.25) is 4.79 Å². The second kappa shape index (κ2) is 7.76. The summed E-state index contributed by atoms with van der Waals surface area (Å²) in [5.74, 6) is 1.55. The van der Waals surface area contributed by atoms with E-state index in [1.54, 1.807) is 14.7 Å². The second-order valence-corrected chi connectivity index (χ2v) is 10.5. The molecule has 4 rings (SSSR count). The molecule has 0 aromatic carbocycles. The molecule has 2 saturated heterocycles. The lowest BCUT2D eigenvalue weighted by molar-refractivity contribution is 0.0903. The number of nitrogens with one attached hydrogen (secondary N) is 1. The van der Waals surface area contributed by atoms with Crippen LogP contribution in [0.1, 0.15) is 74.5 Å². The lowest BCUT2D eigenvalue weighted by Crippen LogP contribution is -2.55. The zero-order valence-corrected chi connectivity index (χ0v) is 17.5. The smallest absolute Gasteiger partial charge is 0.282 e. The Kier molecular flexibility index (Phi) is 5.50. The van der Waals surface area contributed by atoms with Crippen molar-refractivity contribution in [2.75, 3.05) is 19.6 Å². The van der Waals surface area contributed by atoms with Crippen LogP contribution in [0.4, 0.5) is 0 Å². The molecular weight excluding hydrogens is 380 g/mol. The molecule has 0 radical (unpaired) electrons. The fraction of sp³-hybridized carbons (Fsp3) is 0.789. The van der Waals surface area contributed by atoms with Gasteiger partial charge in [-0.2, -0.15) is 17.0 Å². The summed E-state index contributed by atoms with van der Waals surface area (Å²) in [7, 11) is -3.43. The van der Waals surface area contributed by atoms with Gasteiger partial charge in [0.1, 0.15) is 5.76 Å². The van der Waals surface area contributed by atoms with Gasteiger partial charge in [0.15, 0.2) is 5.69 Å². The monoisotopic (exact) mass is 410 g/mol. The molecule has 1 N–H and O–H groups in total. The first kappa shape index (κ1) is 19.8. The number of carbonyl (C=O) groups excluding carboxylic acids is 1. The van der Waals surface area contributed by atoms with Crippen molar-refractivity contribution >= 4 is 16.1 Å². The fourth-order valence-corrected chi connectivity index (χ4v) is 6.05. The van der Waals surface area contributed by atoms with Gasteiger partial charge in [-0.05, 0) is 51.4 Å². The van der Waals surface area contributed by atoms with E-state index in [1.165, 1.54) is 0 Å². The molecule has 9 heteroatoms. The van der Waals surface area contributed by atoms with Crippen LogP contribution in [0.3, 0.4) is 0 Å². The molecule has 0 unspecified atom stereocenters. The standard InChI is InChI=1S/C19H30N4O4S/c1-13-5-8-22(9-6-13)28(25,26)23-10-7-16(11-14(23)2)20-19(24)17-12-18(27-21-17)15-3-4-15/h12-16H,3-11H2,1-2H3,(H,20,24)/t14-,16-/m0/s1. The van der Waals surface area contributed by atoms with Crippen LogP contribution in [0, 0.1) is 5.92 Å². The molecule has 3 heterocycles. The minimum Gasteiger partial charge on any atom is -0.360 e. The predicted molar refractivity (Wildman–Crippen MR) is 104 cm³/mol. The van der Waals surface area contributed by atoms with E-state index in [9.17, 15) is 13.2 Å². The van der Waals surface area contributed by atoms with Gasteiger partial charge in [0, 0.05) is 43.7 Å². The van der Waals surface area contributed by atoms with E-state index >= 15 is 0 Å². The second-order valence-electron chi connectivity index (χ2n) is 8.63. The highest BCUT2D eigenvalue weighted by Crippen LogP contribution is 2.40. The van der Waals surface area contributed by atoms with Gasteiger partial charge >= 0.3 is 0 Å². The zero-order valence-electron chi connectivity index (χ0n) is 16.6. The van der Waals surface area contributed by atoms with Gasteiger partial charge in [-0.25, -0.2) is 0 Å². The van der Waals surface area contributed by atoms with Crippen LogP contribution in [0.5, 0.6) is 0 Å². The minimum absolute atomic E-state index is 0.0589. The van der Waals surface area contributed by atoms with Crippen molar-refractivity contribution in [1.29, 1.82) is 0 Å². The molecule has 3 aliphatic rings. The minimum atomic E-state index is -3.43. The Bertz CT molecular complexity index is 812. The van der Waals surface area contributed by atoms with Gasteiger partial charge in [-0.15, -0.1) is 0 Å². The summed E-state index contributed by atoms with van der Waals surface area (Å²) < 4.78 is 34.5. The zero-order chi connectivity index (χ0) is 19.9. The van der Waals surface area contributed by atoms with Crippen LogP contribution in [-0.4, -0.2) is 59.8 Å². The molecule has 3 fully saturated rings. The third-order valence-electron chi connectivity index (χ3n) is 6.26. The maximum absolute atomic E-state index is 13.0. The quantitative estimate of drug-likeness (QED) is 0.802. The molecule has 1 saturated carbocycles. The average Bonchev–Trinajstić information content (AvgIpc) is 3.38. The maximum atomic E-state index is 13.0. The van der Waals surface area contributed by atoms with Gasteiger partial charge < -0.3 is 9.84 Å². The van der Waals surface area contributed by atoms with E-state index in [0.29, 0.717) is 50.0 Å². The first-order valence-corrected chi connectivity index (χ1v) is 11.8. The maximum Gasteiger partial charge on any atom is 0.282 e. The molecule has 8 nitrogen and oxygen atoms in total. The molecule has 1 aromatic rings. The first-order valence-electron chi connectivity index (χ1n) is 10.4. The summed E-state index contributed by atoms with van der Waals surface area (Å²) in [5, 5.41) is 6.88. The highest BCUT2D eigenvalue weighted by molar-refractivity contribution is 7.86. The van der Waals surface area contributed by atoms with Gasteiger partial charge in [0.2, 0.25) is 0 Å². The third-order valence-corrected chi connectivity index (χ3v) is 8.41. The van der Waals surface area contributed by atoms with Crippen molar-refractivity contribution in [1.82, 2.24) is 19.1 Å². The number of carbonyl (C=O) groups is 1. The van der Waals surface area contributed by atoms with Crippen molar-refractivity contribution in [3.63, 3.8) is 0 Å². The van der Waals surface area contributed by atoms with Gasteiger partial charge in [0.05, 0.1) is 0 Å². The Labute approximate surface area is 166 Å². The topological polar surface area (TPSA) is 95.8 Å². The molecule has 1 amide bonds. The molecule has 2 aliphatic heterocycles. The van der Waals surface area contributed by atoms with Crippen molar-refractivity contribution in [2.24, 2.45) is 5.92 Å². The fourth-order valence-electron chi connectivity index (χ4n) is 4.20. The summed E-state index contributed by atoms with van der Waals surface area (Å²) in [6.45, 7) is 5.71.